The lowest BCUT2D eigenvalue weighted by Crippen LogP contribution is -2.26. The molecule has 0 aliphatic heterocycles. The Morgan fingerprint density at radius 1 is 0.872 bits per heavy atom. The van der Waals surface area contributed by atoms with Crippen LogP contribution in [0.2, 0.25) is 0 Å². The van der Waals surface area contributed by atoms with Gasteiger partial charge < -0.3 is 25.1 Å². The molecule has 4 N–H and O–H groups in total. The first kappa shape index (κ1) is 30.9. The molecule has 1 amide bonds. The van der Waals surface area contributed by atoms with E-state index in [9.17, 15) is 13.6 Å². The number of amides is 1. The number of aromatic amines is 2. The van der Waals surface area contributed by atoms with Gasteiger partial charge in [0.25, 0.3) is 6.43 Å². The second-order valence-electron chi connectivity index (χ2n) is 12.4. The molecule has 2 saturated carbocycles. The van der Waals surface area contributed by atoms with Crippen LogP contribution in [0.5, 0.6) is 0 Å². The van der Waals surface area contributed by atoms with E-state index in [1.165, 1.54) is 5.32 Å². The number of aromatic nitrogens is 10. The summed E-state index contributed by atoms with van der Waals surface area (Å²) >= 11 is 0. The summed E-state index contributed by atoms with van der Waals surface area (Å²) in [5.41, 5.74) is 5.38. The number of ether oxygens (including phenoxy) is 1. The predicted molar refractivity (Wildman–Crippen MR) is 167 cm³/mol. The van der Waals surface area contributed by atoms with Gasteiger partial charge in [0.05, 0.1) is 42.2 Å². The molecule has 14 nitrogen and oxygen atoms in total. The van der Waals surface area contributed by atoms with E-state index in [0.717, 1.165) is 83.8 Å². The standard InChI is InChI=1S/C28H32N10O.C3H5F2NO2/c1-3-15-9-17(11-19(15)27-35-33-23-13-31-25-21(37(23)27)5-7-29-25)39-18-10-16(4-2)20(12-18)28-36-34-24-14-32-26-22(38(24)28)6-8-30-26;4-2(5)1-6-3(7)8/h5-8,13-20,29-30H,3-4,9-12H2,1-2H3;2,6H,1H2,(H,7,8)/t15-,16-,17+,18+,19+,20+;/m1./s1. The topological polar surface area (TPSA) is 176 Å². The average molecular weight is 650 g/mol. The van der Waals surface area contributed by atoms with Crippen LogP contribution < -0.4 is 5.32 Å². The van der Waals surface area contributed by atoms with Crippen LogP contribution in [0.4, 0.5) is 13.6 Å². The lowest BCUT2D eigenvalue weighted by molar-refractivity contribution is -0.00877. The quantitative estimate of drug-likeness (QED) is 0.170. The van der Waals surface area contributed by atoms with E-state index < -0.39 is 19.1 Å². The number of halogens is 2. The summed E-state index contributed by atoms with van der Waals surface area (Å²) in [5, 5.41) is 27.5. The molecular weight excluding hydrogens is 612 g/mol. The largest absolute Gasteiger partial charge is 0.465 e. The van der Waals surface area contributed by atoms with Crippen LogP contribution in [0.15, 0.2) is 36.9 Å². The third-order valence-electron chi connectivity index (χ3n) is 9.74. The van der Waals surface area contributed by atoms with E-state index in [0.29, 0.717) is 23.7 Å². The normalized spacial score (nSPS) is 24.5. The first-order chi connectivity index (χ1) is 22.8. The smallest absolute Gasteiger partial charge is 0.404 e. The van der Waals surface area contributed by atoms with Crippen LogP contribution in [-0.2, 0) is 4.74 Å². The Balaban J connectivity index is 0.000000393. The van der Waals surface area contributed by atoms with Gasteiger partial charge in [-0.25, -0.2) is 23.5 Å². The fourth-order valence-corrected chi connectivity index (χ4v) is 7.62. The van der Waals surface area contributed by atoms with E-state index in [-0.39, 0.29) is 12.2 Å². The Morgan fingerprint density at radius 3 is 1.77 bits per heavy atom. The number of nitrogens with one attached hydrogen (secondary N) is 3. The molecule has 6 atom stereocenters. The number of carboxylic acid groups (broad SMARTS) is 1. The van der Waals surface area contributed by atoms with Gasteiger partial charge in [0.2, 0.25) is 0 Å². The summed E-state index contributed by atoms with van der Waals surface area (Å²) in [6.07, 6.45) is 10.1. The number of nitrogens with zero attached hydrogens (tertiary/aromatic N) is 8. The molecule has 248 valence electrons. The van der Waals surface area contributed by atoms with Crippen molar-refractivity contribution >= 4 is 39.7 Å². The fourth-order valence-electron chi connectivity index (χ4n) is 7.62. The Labute approximate surface area is 267 Å². The maximum Gasteiger partial charge on any atom is 0.404 e. The summed E-state index contributed by atoms with van der Waals surface area (Å²) in [6, 6.07) is 4.11. The van der Waals surface area contributed by atoms with E-state index in [1.54, 1.807) is 12.4 Å². The van der Waals surface area contributed by atoms with Gasteiger partial charge in [-0.15, -0.1) is 20.4 Å². The number of carbonyl (C=O) groups is 1. The van der Waals surface area contributed by atoms with Crippen molar-refractivity contribution in [2.75, 3.05) is 6.54 Å². The van der Waals surface area contributed by atoms with Crippen LogP contribution in [0.3, 0.4) is 0 Å². The summed E-state index contributed by atoms with van der Waals surface area (Å²) in [6.45, 7) is 3.76. The van der Waals surface area contributed by atoms with E-state index in [4.69, 9.17) is 9.84 Å². The Bertz CT molecular complexity index is 1870. The van der Waals surface area contributed by atoms with Gasteiger partial charge in [0.15, 0.2) is 22.6 Å². The van der Waals surface area contributed by atoms with Crippen LogP contribution in [-0.4, -0.2) is 85.5 Å². The molecule has 8 rings (SSSR count). The minimum atomic E-state index is -2.61. The van der Waals surface area contributed by atoms with Crippen LogP contribution in [0.25, 0.3) is 33.6 Å². The third-order valence-corrected chi connectivity index (χ3v) is 9.74. The molecule has 0 aromatic carbocycles. The molecule has 6 aromatic rings. The molecule has 2 aliphatic carbocycles. The highest BCUT2D eigenvalue weighted by Gasteiger charge is 2.42. The number of hydrogen-bond acceptors (Lipinski definition) is 8. The zero-order chi connectivity index (χ0) is 32.7. The van der Waals surface area contributed by atoms with Crippen molar-refractivity contribution in [1.29, 1.82) is 0 Å². The first-order valence-corrected chi connectivity index (χ1v) is 16.1. The maximum atomic E-state index is 11.1. The van der Waals surface area contributed by atoms with Crippen molar-refractivity contribution < 1.29 is 23.4 Å². The number of alkyl halides is 2. The van der Waals surface area contributed by atoms with Crippen LogP contribution in [0, 0.1) is 11.8 Å². The third kappa shape index (κ3) is 5.85. The van der Waals surface area contributed by atoms with Crippen molar-refractivity contribution in [3.63, 3.8) is 0 Å². The molecule has 0 radical (unpaired) electrons. The number of H-pyrrole nitrogens is 2. The molecule has 0 bridgehead atoms. The SMILES string of the molecule is CC[C@@H]1C[C@H](O[C@H]2C[C@@H](CC)[C@@H](c3nnc4cnc5[nH]ccc5n34)C2)C[C@@H]1c1nnc2cnc3[nH]ccc3n12.O=C(O)NCC(F)F. The van der Waals surface area contributed by atoms with E-state index in [1.807, 2.05) is 12.4 Å². The van der Waals surface area contributed by atoms with E-state index in [2.05, 4.69) is 75.1 Å². The van der Waals surface area contributed by atoms with Gasteiger partial charge in [-0.05, 0) is 49.7 Å². The van der Waals surface area contributed by atoms with Crippen molar-refractivity contribution in [2.24, 2.45) is 11.8 Å². The molecule has 0 unspecified atom stereocenters. The maximum absolute atomic E-state index is 11.1. The lowest BCUT2D eigenvalue weighted by atomic mass is 9.93. The van der Waals surface area contributed by atoms with Gasteiger partial charge in [0, 0.05) is 24.2 Å². The minimum Gasteiger partial charge on any atom is -0.465 e. The molecular formula is C31H37F2N11O3. The second-order valence-corrected chi connectivity index (χ2v) is 12.4. The average Bonchev–Trinajstić information content (AvgIpc) is 3.89. The minimum absolute atomic E-state index is 0.216. The second kappa shape index (κ2) is 12.8. The molecule has 2 aliphatic rings. The highest BCUT2D eigenvalue weighted by atomic mass is 19.3. The van der Waals surface area contributed by atoms with Gasteiger partial charge in [-0.2, -0.15) is 0 Å². The molecule has 0 saturated heterocycles. The Morgan fingerprint density at radius 2 is 1.36 bits per heavy atom. The molecule has 16 heteroatoms. The van der Waals surface area contributed by atoms with Crippen LogP contribution >= 0.6 is 0 Å². The molecule has 47 heavy (non-hydrogen) atoms. The van der Waals surface area contributed by atoms with Crippen molar-refractivity contribution in [3.8, 4) is 0 Å². The summed E-state index contributed by atoms with van der Waals surface area (Å²) in [7, 11) is 0. The van der Waals surface area contributed by atoms with Crippen LogP contribution in [0.1, 0.15) is 75.9 Å². The van der Waals surface area contributed by atoms with Gasteiger partial charge >= 0.3 is 6.09 Å². The van der Waals surface area contributed by atoms with Crippen molar-refractivity contribution in [1.82, 2.24) is 54.4 Å². The number of hydrogen-bond donors (Lipinski definition) is 4. The number of fused-ring (bicyclic) bond motifs is 6. The number of rotatable bonds is 8. The zero-order valence-electron chi connectivity index (χ0n) is 26.1. The predicted octanol–water partition coefficient (Wildman–Crippen LogP) is 5.30. The summed E-state index contributed by atoms with van der Waals surface area (Å²) < 4.78 is 33.4. The highest BCUT2D eigenvalue weighted by molar-refractivity contribution is 5.75. The molecule has 2 fully saturated rings. The highest BCUT2D eigenvalue weighted by Crippen LogP contribution is 2.47. The Kier molecular flexibility index (Phi) is 8.42. The Hall–Kier alpha value is -4.73. The zero-order valence-corrected chi connectivity index (χ0v) is 26.1. The van der Waals surface area contributed by atoms with E-state index >= 15 is 0 Å². The van der Waals surface area contributed by atoms with Crippen molar-refractivity contribution in [2.45, 2.75) is 82.8 Å². The lowest BCUT2D eigenvalue weighted by Gasteiger charge is -2.18. The molecule has 6 aromatic heterocycles. The van der Waals surface area contributed by atoms with Crippen molar-refractivity contribution in [3.05, 3.63) is 48.6 Å². The van der Waals surface area contributed by atoms with Gasteiger partial charge in [-0.1, -0.05) is 26.7 Å². The van der Waals surface area contributed by atoms with Gasteiger partial charge in [0.1, 0.15) is 11.6 Å². The molecule has 0 spiro atoms. The fraction of sp³-hybridized carbons (Fsp3) is 0.516. The van der Waals surface area contributed by atoms with Gasteiger partial charge in [-0.3, -0.25) is 8.80 Å². The first-order valence-electron chi connectivity index (χ1n) is 16.1. The monoisotopic (exact) mass is 649 g/mol. The molecule has 6 heterocycles. The summed E-state index contributed by atoms with van der Waals surface area (Å²) in [4.78, 5) is 24.9. The summed E-state index contributed by atoms with van der Waals surface area (Å²) in [5.74, 6) is 3.71.